The SMILES string of the molecule is CCCC(=O)O.CCCCCCCC(=O)O.CCCCCCCCCC(=O)O.OCC(O)CO. The third kappa shape index (κ3) is 57.3. The molecule has 206 valence electrons. The van der Waals surface area contributed by atoms with E-state index in [1.165, 1.54) is 51.4 Å². The summed E-state index contributed by atoms with van der Waals surface area (Å²) in [5.41, 5.74) is 0. The summed E-state index contributed by atoms with van der Waals surface area (Å²) < 4.78 is 0. The van der Waals surface area contributed by atoms with Crippen LogP contribution >= 0.6 is 0 Å². The Morgan fingerprint density at radius 3 is 0.971 bits per heavy atom. The molecule has 0 saturated carbocycles. The van der Waals surface area contributed by atoms with Crippen LogP contribution in [-0.4, -0.2) is 67.9 Å². The summed E-state index contributed by atoms with van der Waals surface area (Å²) in [4.78, 5) is 29.8. The zero-order chi connectivity index (χ0) is 27.0. The van der Waals surface area contributed by atoms with Gasteiger partial charge in [0, 0.05) is 19.3 Å². The van der Waals surface area contributed by atoms with Gasteiger partial charge in [0.05, 0.1) is 13.2 Å². The van der Waals surface area contributed by atoms with Crippen LogP contribution < -0.4 is 0 Å². The van der Waals surface area contributed by atoms with Gasteiger partial charge in [0.15, 0.2) is 0 Å². The largest absolute Gasteiger partial charge is 0.481 e. The molecular weight excluding hydrogens is 444 g/mol. The first-order chi connectivity index (χ1) is 16.1. The fourth-order valence-corrected chi connectivity index (χ4v) is 2.38. The van der Waals surface area contributed by atoms with Crippen molar-refractivity contribution in [2.45, 2.75) is 130 Å². The molecule has 0 spiro atoms. The van der Waals surface area contributed by atoms with Crippen molar-refractivity contribution in [3.8, 4) is 0 Å². The van der Waals surface area contributed by atoms with Gasteiger partial charge in [-0.05, 0) is 19.3 Å². The zero-order valence-electron chi connectivity index (χ0n) is 21.7. The van der Waals surface area contributed by atoms with Crippen molar-refractivity contribution >= 4 is 17.9 Å². The summed E-state index contributed by atoms with van der Waals surface area (Å²) in [7, 11) is 0. The van der Waals surface area contributed by atoms with Crippen LogP contribution in [0.15, 0.2) is 0 Å². The molecule has 0 aromatic carbocycles. The van der Waals surface area contributed by atoms with E-state index in [1.54, 1.807) is 0 Å². The number of aliphatic carboxylic acids is 3. The Morgan fingerprint density at radius 1 is 0.500 bits per heavy atom. The van der Waals surface area contributed by atoms with Crippen LogP contribution in [0.4, 0.5) is 0 Å². The molecule has 0 rings (SSSR count). The highest BCUT2D eigenvalue weighted by atomic mass is 16.4. The van der Waals surface area contributed by atoms with Crippen LogP contribution in [0.25, 0.3) is 0 Å². The Hall–Kier alpha value is -1.71. The highest BCUT2D eigenvalue weighted by Gasteiger charge is 1.96. The molecule has 0 radical (unpaired) electrons. The summed E-state index contributed by atoms with van der Waals surface area (Å²) in [6.45, 7) is 5.46. The van der Waals surface area contributed by atoms with Gasteiger partial charge in [-0.1, -0.05) is 85.0 Å². The van der Waals surface area contributed by atoms with Crippen molar-refractivity contribution in [1.29, 1.82) is 0 Å². The summed E-state index contributed by atoms with van der Waals surface area (Å²) >= 11 is 0. The highest BCUT2D eigenvalue weighted by Crippen LogP contribution is 2.08. The minimum absolute atomic E-state index is 0.292. The molecule has 0 aromatic rings. The Labute approximate surface area is 206 Å². The predicted molar refractivity (Wildman–Crippen MR) is 134 cm³/mol. The third-order valence-corrected chi connectivity index (χ3v) is 4.37. The maximum atomic E-state index is 10.1. The maximum absolute atomic E-state index is 10.1. The van der Waals surface area contributed by atoms with Crippen LogP contribution in [-0.2, 0) is 14.4 Å². The van der Waals surface area contributed by atoms with Gasteiger partial charge >= 0.3 is 17.9 Å². The molecule has 0 aliphatic rings. The molecule has 0 aliphatic heterocycles. The number of hydrogen-bond acceptors (Lipinski definition) is 6. The zero-order valence-corrected chi connectivity index (χ0v) is 21.7. The average molecular weight is 497 g/mol. The summed E-state index contributed by atoms with van der Waals surface area (Å²) in [5, 5.41) is 48.6. The van der Waals surface area contributed by atoms with Crippen molar-refractivity contribution in [1.82, 2.24) is 0 Å². The molecule has 0 bridgehead atoms. The van der Waals surface area contributed by atoms with E-state index in [9.17, 15) is 14.4 Å². The Bertz CT molecular complexity index is 425. The Balaban J connectivity index is -0.000000185. The van der Waals surface area contributed by atoms with Crippen LogP contribution in [0, 0.1) is 0 Å². The molecule has 9 heteroatoms. The number of unbranched alkanes of at least 4 members (excludes halogenated alkanes) is 10. The molecule has 0 unspecified atom stereocenters. The second kappa shape index (κ2) is 35.9. The lowest BCUT2D eigenvalue weighted by molar-refractivity contribution is -0.138. The number of aliphatic hydroxyl groups is 3. The monoisotopic (exact) mass is 496 g/mol. The molecule has 9 nitrogen and oxygen atoms in total. The van der Waals surface area contributed by atoms with Crippen LogP contribution in [0.5, 0.6) is 0 Å². The van der Waals surface area contributed by atoms with Gasteiger partial charge in [0.2, 0.25) is 0 Å². The Kier molecular flexibility index (Phi) is 41.7. The number of aliphatic hydroxyl groups excluding tert-OH is 3. The van der Waals surface area contributed by atoms with E-state index in [-0.39, 0.29) is 13.2 Å². The fraction of sp³-hybridized carbons (Fsp3) is 0.880. The first-order valence-corrected chi connectivity index (χ1v) is 12.7. The second-order valence-electron chi connectivity index (χ2n) is 7.99. The lowest BCUT2D eigenvalue weighted by atomic mass is 10.1. The van der Waals surface area contributed by atoms with Gasteiger partial charge in [0.25, 0.3) is 0 Å². The standard InChI is InChI=1S/C10H20O2.C8H16O2.C4H8O2.C3H8O3/c1-2-3-4-5-6-7-8-9-10(11)12;1-2-3-4-5-6-7-8(9)10;1-2-3-4(5)6;4-1-3(6)2-5/h2-9H2,1H3,(H,11,12);2-7H2,1H3,(H,9,10);2-3H2,1H3,(H,5,6);3-6H,1-2H2. The number of carboxylic acids is 3. The van der Waals surface area contributed by atoms with E-state index in [4.69, 9.17) is 30.6 Å². The van der Waals surface area contributed by atoms with E-state index < -0.39 is 24.0 Å². The Morgan fingerprint density at radius 2 is 0.794 bits per heavy atom. The molecule has 0 saturated heterocycles. The van der Waals surface area contributed by atoms with Gasteiger partial charge < -0.3 is 30.6 Å². The van der Waals surface area contributed by atoms with E-state index in [0.29, 0.717) is 19.3 Å². The fourth-order valence-electron chi connectivity index (χ4n) is 2.38. The molecule has 0 fully saturated rings. The molecule has 0 amide bonds. The van der Waals surface area contributed by atoms with E-state index in [0.717, 1.165) is 32.1 Å². The lowest BCUT2D eigenvalue weighted by Crippen LogP contribution is -2.15. The van der Waals surface area contributed by atoms with Crippen molar-refractivity contribution in [3.63, 3.8) is 0 Å². The number of hydrogen-bond donors (Lipinski definition) is 6. The minimum atomic E-state index is -0.954. The number of carboxylic acid groups (broad SMARTS) is 3. The van der Waals surface area contributed by atoms with E-state index >= 15 is 0 Å². The molecule has 6 N–H and O–H groups in total. The average Bonchev–Trinajstić information content (AvgIpc) is 2.78. The maximum Gasteiger partial charge on any atom is 0.303 e. The first-order valence-electron chi connectivity index (χ1n) is 12.7. The molecule has 0 aromatic heterocycles. The lowest BCUT2D eigenvalue weighted by Gasteiger charge is -1.98. The van der Waals surface area contributed by atoms with Crippen LogP contribution in [0.2, 0.25) is 0 Å². The van der Waals surface area contributed by atoms with Gasteiger partial charge in [-0.15, -0.1) is 0 Å². The van der Waals surface area contributed by atoms with Crippen molar-refractivity contribution in [3.05, 3.63) is 0 Å². The molecule has 0 atom stereocenters. The molecule has 0 aliphatic carbocycles. The normalized spacial score (nSPS) is 9.62. The van der Waals surface area contributed by atoms with Gasteiger partial charge in [-0.25, -0.2) is 0 Å². The van der Waals surface area contributed by atoms with E-state index in [1.807, 2.05) is 6.92 Å². The van der Waals surface area contributed by atoms with Gasteiger partial charge in [0.1, 0.15) is 6.10 Å². The van der Waals surface area contributed by atoms with Crippen LogP contribution in [0.3, 0.4) is 0 Å². The molecule has 0 heterocycles. The first kappa shape index (κ1) is 39.5. The van der Waals surface area contributed by atoms with E-state index in [2.05, 4.69) is 13.8 Å². The van der Waals surface area contributed by atoms with Gasteiger partial charge in [-0.2, -0.15) is 0 Å². The number of carbonyl (C=O) groups is 3. The molecular formula is C25H52O9. The number of rotatable bonds is 18. The highest BCUT2D eigenvalue weighted by molar-refractivity contribution is 5.67. The summed E-state index contributed by atoms with van der Waals surface area (Å²) in [6, 6.07) is 0. The summed E-state index contributed by atoms with van der Waals surface area (Å²) in [5.74, 6) is -2.04. The third-order valence-electron chi connectivity index (χ3n) is 4.37. The van der Waals surface area contributed by atoms with Crippen molar-refractivity contribution in [2.75, 3.05) is 13.2 Å². The second-order valence-corrected chi connectivity index (χ2v) is 7.99. The quantitative estimate of drug-likeness (QED) is 0.145. The smallest absolute Gasteiger partial charge is 0.303 e. The van der Waals surface area contributed by atoms with Gasteiger partial charge in [-0.3, -0.25) is 14.4 Å². The van der Waals surface area contributed by atoms with Crippen molar-refractivity contribution < 1.29 is 45.0 Å². The molecule has 34 heavy (non-hydrogen) atoms. The topological polar surface area (TPSA) is 173 Å². The van der Waals surface area contributed by atoms with Crippen LogP contribution in [0.1, 0.15) is 124 Å². The summed E-state index contributed by atoms with van der Waals surface area (Å²) in [6.07, 6.45) is 14.6. The van der Waals surface area contributed by atoms with Crippen molar-refractivity contribution in [2.24, 2.45) is 0 Å². The predicted octanol–water partition coefficient (Wildman–Crippen LogP) is 4.85. The minimum Gasteiger partial charge on any atom is -0.481 e.